The highest BCUT2D eigenvalue weighted by atomic mass is 32.1. The van der Waals surface area contributed by atoms with E-state index in [1.54, 1.807) is 30.5 Å². The molecule has 4 aromatic rings. The van der Waals surface area contributed by atoms with Gasteiger partial charge in [-0.3, -0.25) is 0 Å². The highest BCUT2D eigenvalue weighted by Gasteiger charge is 2.17. The van der Waals surface area contributed by atoms with Gasteiger partial charge >= 0.3 is 5.97 Å². The molecule has 3 heterocycles. The molecule has 0 aliphatic heterocycles. The molecule has 0 fully saturated rings. The zero-order chi connectivity index (χ0) is 18.5. The van der Waals surface area contributed by atoms with Crippen molar-refractivity contribution in [3.63, 3.8) is 0 Å². The first-order valence-corrected chi connectivity index (χ1v) is 9.01. The van der Waals surface area contributed by atoms with E-state index in [1.807, 2.05) is 35.7 Å². The number of rotatable bonds is 6. The Labute approximate surface area is 159 Å². The summed E-state index contributed by atoms with van der Waals surface area (Å²) in [5.41, 5.74) is 0.768. The third-order valence-corrected chi connectivity index (χ3v) is 4.44. The molecule has 0 radical (unpaired) electrons. The summed E-state index contributed by atoms with van der Waals surface area (Å²) in [5, 5.41) is 1.94. The summed E-state index contributed by atoms with van der Waals surface area (Å²) >= 11 is 1.52. The Morgan fingerprint density at radius 3 is 2.78 bits per heavy atom. The molecule has 0 saturated carbocycles. The van der Waals surface area contributed by atoms with Gasteiger partial charge in [0.05, 0.1) is 4.88 Å². The molecular weight excluding hydrogens is 364 g/mol. The molecule has 0 spiro atoms. The third-order valence-electron chi connectivity index (χ3n) is 3.58. The quantitative estimate of drug-likeness (QED) is 0.442. The summed E-state index contributed by atoms with van der Waals surface area (Å²) < 4.78 is 16.5. The van der Waals surface area contributed by atoms with Crippen molar-refractivity contribution >= 4 is 17.3 Å². The van der Waals surface area contributed by atoms with Gasteiger partial charge in [-0.25, -0.2) is 14.8 Å². The largest absolute Gasteiger partial charge is 0.455 e. The average Bonchev–Trinajstić information content (AvgIpc) is 3.39. The van der Waals surface area contributed by atoms with Gasteiger partial charge < -0.3 is 13.9 Å². The lowest BCUT2D eigenvalue weighted by atomic mass is 10.2. The van der Waals surface area contributed by atoms with Crippen molar-refractivity contribution < 1.29 is 18.7 Å². The molecule has 4 rings (SSSR count). The number of benzene rings is 1. The van der Waals surface area contributed by atoms with Gasteiger partial charge in [0.2, 0.25) is 11.8 Å². The Bertz CT molecular complexity index is 1030. The second kappa shape index (κ2) is 7.84. The predicted octanol–water partition coefficient (Wildman–Crippen LogP) is 4.95. The minimum Gasteiger partial charge on any atom is -0.455 e. The summed E-state index contributed by atoms with van der Waals surface area (Å²) in [4.78, 5) is 21.8. The molecule has 0 bridgehead atoms. The van der Waals surface area contributed by atoms with Gasteiger partial charge in [-0.1, -0.05) is 24.3 Å². The molecule has 7 heteroatoms. The van der Waals surface area contributed by atoms with E-state index in [4.69, 9.17) is 13.9 Å². The number of oxazole rings is 1. The number of hydrogen-bond donors (Lipinski definition) is 0. The molecule has 0 amide bonds. The smallest absolute Gasteiger partial charge is 0.344 e. The zero-order valence-corrected chi connectivity index (χ0v) is 14.9. The van der Waals surface area contributed by atoms with Crippen LogP contribution in [0.15, 0.2) is 76.9 Å². The number of para-hydroxylation sites is 1. The second-order valence-electron chi connectivity index (χ2n) is 5.47. The van der Waals surface area contributed by atoms with Crippen molar-refractivity contribution in [2.45, 2.75) is 6.61 Å². The lowest BCUT2D eigenvalue weighted by Gasteiger charge is -2.09. The minimum absolute atomic E-state index is 0.00657. The lowest BCUT2D eigenvalue weighted by Crippen LogP contribution is -2.08. The van der Waals surface area contributed by atoms with E-state index in [2.05, 4.69) is 9.97 Å². The van der Waals surface area contributed by atoms with Crippen molar-refractivity contribution in [3.8, 4) is 22.4 Å². The Balaban J connectivity index is 1.44. The Morgan fingerprint density at radius 1 is 1.07 bits per heavy atom. The van der Waals surface area contributed by atoms with Crippen LogP contribution >= 0.6 is 11.3 Å². The van der Waals surface area contributed by atoms with Crippen LogP contribution in [0.2, 0.25) is 0 Å². The zero-order valence-electron chi connectivity index (χ0n) is 14.1. The number of carbonyl (C=O) groups excluding carboxylic acids is 1. The first-order chi connectivity index (χ1) is 13.3. The van der Waals surface area contributed by atoms with Crippen LogP contribution in [-0.4, -0.2) is 15.9 Å². The molecule has 134 valence electrons. The van der Waals surface area contributed by atoms with Crippen molar-refractivity contribution in [2.24, 2.45) is 0 Å². The summed E-state index contributed by atoms with van der Waals surface area (Å²) in [6, 6.07) is 16.2. The van der Waals surface area contributed by atoms with Crippen LogP contribution in [-0.2, 0) is 11.3 Å². The van der Waals surface area contributed by atoms with Crippen LogP contribution in [0.1, 0.15) is 16.1 Å². The van der Waals surface area contributed by atoms with Crippen LogP contribution in [0, 0.1) is 0 Å². The summed E-state index contributed by atoms with van der Waals surface area (Å²) in [5.74, 6) is 0.732. The van der Waals surface area contributed by atoms with E-state index in [9.17, 15) is 4.79 Å². The average molecular weight is 378 g/mol. The molecule has 1 aromatic carbocycles. The topological polar surface area (TPSA) is 74.5 Å². The first-order valence-electron chi connectivity index (χ1n) is 8.13. The molecular formula is C20H14N2O4S. The van der Waals surface area contributed by atoms with Crippen LogP contribution < -0.4 is 4.74 Å². The fourth-order valence-corrected chi connectivity index (χ4v) is 2.99. The van der Waals surface area contributed by atoms with Crippen molar-refractivity contribution in [1.29, 1.82) is 0 Å². The summed E-state index contributed by atoms with van der Waals surface area (Å²) in [7, 11) is 0. The van der Waals surface area contributed by atoms with Crippen molar-refractivity contribution in [3.05, 3.63) is 83.7 Å². The van der Waals surface area contributed by atoms with Crippen LogP contribution in [0.5, 0.6) is 11.6 Å². The molecule has 0 unspecified atom stereocenters. The number of nitrogens with zero attached hydrogens (tertiary/aromatic N) is 2. The van der Waals surface area contributed by atoms with Crippen LogP contribution in [0.3, 0.4) is 0 Å². The number of hydrogen-bond acceptors (Lipinski definition) is 7. The summed E-state index contributed by atoms with van der Waals surface area (Å²) in [6.07, 6.45) is 3.03. The monoisotopic (exact) mass is 378 g/mol. The lowest BCUT2D eigenvalue weighted by molar-refractivity contribution is 0.0464. The minimum atomic E-state index is -0.547. The highest BCUT2D eigenvalue weighted by Crippen LogP contribution is 2.25. The normalized spacial score (nSPS) is 10.5. The van der Waals surface area contributed by atoms with Gasteiger partial charge in [0.25, 0.3) is 0 Å². The molecule has 0 aliphatic carbocycles. The number of aromatic nitrogens is 2. The van der Waals surface area contributed by atoms with Crippen molar-refractivity contribution in [2.75, 3.05) is 0 Å². The standard InChI is InChI=1S/C20H14N2O4S/c23-20(25-13-14-12-24-19(22-14)17-9-5-11-27-17)16-8-4-10-21-18(16)26-15-6-2-1-3-7-15/h1-12H,13H2. The van der Waals surface area contributed by atoms with Gasteiger partial charge in [-0.05, 0) is 35.7 Å². The molecule has 0 N–H and O–H groups in total. The predicted molar refractivity (Wildman–Crippen MR) is 99.7 cm³/mol. The number of pyridine rings is 1. The fourth-order valence-electron chi connectivity index (χ4n) is 2.33. The van der Waals surface area contributed by atoms with Gasteiger partial charge in [-0.2, -0.15) is 0 Å². The molecule has 3 aromatic heterocycles. The number of ether oxygens (including phenoxy) is 2. The maximum absolute atomic E-state index is 12.5. The van der Waals surface area contributed by atoms with E-state index in [0.29, 0.717) is 17.3 Å². The molecule has 0 atom stereocenters. The SMILES string of the molecule is O=C(OCc1coc(-c2cccs2)n1)c1cccnc1Oc1ccccc1. The Kier molecular flexibility index (Phi) is 4.93. The van der Waals surface area contributed by atoms with E-state index in [1.165, 1.54) is 17.6 Å². The van der Waals surface area contributed by atoms with Gasteiger partial charge in [0.1, 0.15) is 29.9 Å². The maximum Gasteiger partial charge on any atom is 0.344 e. The Hall–Kier alpha value is -3.45. The van der Waals surface area contributed by atoms with Crippen LogP contribution in [0.4, 0.5) is 0 Å². The first kappa shape index (κ1) is 17.0. The van der Waals surface area contributed by atoms with E-state index < -0.39 is 5.97 Å². The van der Waals surface area contributed by atoms with E-state index in [-0.39, 0.29) is 18.1 Å². The van der Waals surface area contributed by atoms with Gasteiger partial charge in [-0.15, -0.1) is 11.3 Å². The van der Waals surface area contributed by atoms with E-state index >= 15 is 0 Å². The number of thiophene rings is 1. The van der Waals surface area contributed by atoms with Gasteiger partial charge in [0.15, 0.2) is 0 Å². The number of esters is 1. The molecule has 6 nitrogen and oxygen atoms in total. The van der Waals surface area contributed by atoms with E-state index in [0.717, 1.165) is 4.88 Å². The summed E-state index contributed by atoms with van der Waals surface area (Å²) in [6.45, 7) is -0.00657. The van der Waals surface area contributed by atoms with Gasteiger partial charge in [0, 0.05) is 6.20 Å². The highest BCUT2D eigenvalue weighted by molar-refractivity contribution is 7.13. The molecule has 0 aliphatic rings. The fraction of sp³-hybridized carbons (Fsp3) is 0.0500. The maximum atomic E-state index is 12.5. The Morgan fingerprint density at radius 2 is 1.96 bits per heavy atom. The van der Waals surface area contributed by atoms with Crippen LogP contribution in [0.25, 0.3) is 10.8 Å². The second-order valence-corrected chi connectivity index (χ2v) is 6.42. The van der Waals surface area contributed by atoms with Crippen molar-refractivity contribution in [1.82, 2.24) is 9.97 Å². The molecule has 0 saturated heterocycles. The third kappa shape index (κ3) is 4.04. The molecule has 27 heavy (non-hydrogen) atoms. The number of carbonyl (C=O) groups is 1.